The molecule has 0 saturated heterocycles. The van der Waals surface area contributed by atoms with Crippen LogP contribution < -0.4 is 5.73 Å². The molecule has 0 unspecified atom stereocenters. The molecule has 15 heavy (non-hydrogen) atoms. The summed E-state index contributed by atoms with van der Waals surface area (Å²) in [6.45, 7) is 6.18. The fraction of sp³-hybridized carbons (Fsp3) is 0.700. The van der Waals surface area contributed by atoms with Crippen LogP contribution >= 0.6 is 0 Å². The van der Waals surface area contributed by atoms with E-state index in [1.807, 2.05) is 18.5 Å². The maximum atomic E-state index is 10.8. The first-order valence-electron chi connectivity index (χ1n) is 5.27. The summed E-state index contributed by atoms with van der Waals surface area (Å²) >= 11 is 0. The van der Waals surface area contributed by atoms with Crippen LogP contribution in [0.1, 0.15) is 44.6 Å². The zero-order valence-corrected chi connectivity index (χ0v) is 9.53. The van der Waals surface area contributed by atoms with E-state index in [0.29, 0.717) is 0 Å². The van der Waals surface area contributed by atoms with Crippen LogP contribution in [-0.2, 0) is 17.6 Å². The molecule has 1 aromatic heterocycles. The summed E-state index contributed by atoms with van der Waals surface area (Å²) in [5.74, 6) is -0.358. The quantitative estimate of drug-likeness (QED) is 0.782. The van der Waals surface area contributed by atoms with Gasteiger partial charge in [-0.3, -0.25) is 4.79 Å². The molecule has 0 spiro atoms. The van der Waals surface area contributed by atoms with Gasteiger partial charge in [0.25, 0.3) is 0 Å². The van der Waals surface area contributed by atoms with Crippen molar-refractivity contribution in [1.82, 2.24) is 15.0 Å². The van der Waals surface area contributed by atoms with Gasteiger partial charge in [-0.25, -0.2) is 4.68 Å². The minimum atomic E-state index is -0.358. The molecule has 5 nitrogen and oxygen atoms in total. The largest absolute Gasteiger partial charge is 0.369 e. The summed E-state index contributed by atoms with van der Waals surface area (Å²) in [5.41, 5.74) is 6.91. The zero-order chi connectivity index (χ0) is 11.4. The number of nitrogens with zero attached hydrogens (tertiary/aromatic N) is 3. The molecule has 0 aromatic carbocycles. The van der Waals surface area contributed by atoms with Crippen molar-refractivity contribution in [3.8, 4) is 0 Å². The Morgan fingerprint density at radius 2 is 2.20 bits per heavy atom. The predicted molar refractivity (Wildman–Crippen MR) is 57.3 cm³/mol. The molecular weight excluding hydrogens is 192 g/mol. The molecule has 0 bridgehead atoms. The van der Waals surface area contributed by atoms with Gasteiger partial charge in [0.2, 0.25) is 5.91 Å². The van der Waals surface area contributed by atoms with Crippen LogP contribution in [0.15, 0.2) is 0 Å². The standard InChI is InChI=1S/C10H18N4O/c1-4-5-9-8(6-10(11)15)12-13-14(9)7(2)3/h7H,4-6H2,1-3H3,(H2,11,15). The number of aromatic nitrogens is 3. The first-order valence-corrected chi connectivity index (χ1v) is 5.27. The monoisotopic (exact) mass is 210 g/mol. The second-order valence-electron chi connectivity index (χ2n) is 3.91. The van der Waals surface area contributed by atoms with Gasteiger partial charge in [-0.1, -0.05) is 18.6 Å². The van der Waals surface area contributed by atoms with Crippen LogP contribution in [0.5, 0.6) is 0 Å². The highest BCUT2D eigenvalue weighted by Gasteiger charge is 2.15. The summed E-state index contributed by atoms with van der Waals surface area (Å²) < 4.78 is 1.86. The average molecular weight is 210 g/mol. The number of hydrogen-bond donors (Lipinski definition) is 1. The van der Waals surface area contributed by atoms with Crippen LogP contribution in [0.2, 0.25) is 0 Å². The molecule has 0 atom stereocenters. The number of hydrogen-bond acceptors (Lipinski definition) is 3. The summed E-state index contributed by atoms with van der Waals surface area (Å²) in [5, 5.41) is 8.05. The topological polar surface area (TPSA) is 73.8 Å². The van der Waals surface area contributed by atoms with Gasteiger partial charge < -0.3 is 5.73 Å². The Kier molecular flexibility index (Phi) is 3.82. The molecule has 1 amide bonds. The first kappa shape index (κ1) is 11.7. The van der Waals surface area contributed by atoms with E-state index in [9.17, 15) is 4.79 Å². The number of nitrogens with two attached hydrogens (primary N) is 1. The van der Waals surface area contributed by atoms with Crippen LogP contribution in [0.3, 0.4) is 0 Å². The van der Waals surface area contributed by atoms with Crippen molar-refractivity contribution < 1.29 is 4.79 Å². The molecule has 84 valence electrons. The Bertz CT molecular complexity index is 343. The van der Waals surface area contributed by atoms with E-state index in [1.54, 1.807) is 0 Å². The molecule has 0 aliphatic heterocycles. The van der Waals surface area contributed by atoms with E-state index in [2.05, 4.69) is 17.2 Å². The van der Waals surface area contributed by atoms with Crippen molar-refractivity contribution in [3.63, 3.8) is 0 Å². The molecule has 0 aliphatic carbocycles. The number of primary amides is 1. The van der Waals surface area contributed by atoms with Crippen LogP contribution in [-0.4, -0.2) is 20.9 Å². The molecule has 0 aliphatic rings. The van der Waals surface area contributed by atoms with Crippen molar-refractivity contribution in [2.75, 3.05) is 0 Å². The Labute approximate surface area is 89.6 Å². The van der Waals surface area contributed by atoms with Gasteiger partial charge in [0.15, 0.2) is 0 Å². The highest BCUT2D eigenvalue weighted by atomic mass is 16.1. The molecule has 2 N–H and O–H groups in total. The Balaban J connectivity index is 3.00. The number of carbonyl (C=O) groups is 1. The van der Waals surface area contributed by atoms with Crippen LogP contribution in [0, 0.1) is 0 Å². The number of rotatable bonds is 5. The third kappa shape index (κ3) is 2.78. The third-order valence-electron chi connectivity index (χ3n) is 2.19. The smallest absolute Gasteiger partial charge is 0.223 e. The first-order chi connectivity index (χ1) is 7.06. The highest BCUT2D eigenvalue weighted by molar-refractivity contribution is 5.76. The maximum Gasteiger partial charge on any atom is 0.223 e. The summed E-state index contributed by atoms with van der Waals surface area (Å²) in [7, 11) is 0. The zero-order valence-electron chi connectivity index (χ0n) is 9.53. The van der Waals surface area contributed by atoms with Crippen LogP contribution in [0.25, 0.3) is 0 Å². The van der Waals surface area contributed by atoms with Crippen molar-refractivity contribution in [2.24, 2.45) is 5.73 Å². The van der Waals surface area contributed by atoms with Crippen molar-refractivity contribution in [3.05, 3.63) is 11.4 Å². The Morgan fingerprint density at radius 1 is 1.53 bits per heavy atom. The number of amides is 1. The van der Waals surface area contributed by atoms with Gasteiger partial charge in [0.1, 0.15) is 0 Å². The Morgan fingerprint density at radius 3 is 2.67 bits per heavy atom. The van der Waals surface area contributed by atoms with E-state index in [0.717, 1.165) is 24.2 Å². The summed E-state index contributed by atoms with van der Waals surface area (Å²) in [4.78, 5) is 10.8. The van der Waals surface area contributed by atoms with Crippen molar-refractivity contribution in [1.29, 1.82) is 0 Å². The fourth-order valence-corrected chi connectivity index (χ4v) is 1.56. The SMILES string of the molecule is CCCc1c(CC(N)=O)nnn1C(C)C. The van der Waals surface area contributed by atoms with E-state index in [1.165, 1.54) is 0 Å². The lowest BCUT2D eigenvalue weighted by Gasteiger charge is -2.09. The highest BCUT2D eigenvalue weighted by Crippen LogP contribution is 2.13. The van der Waals surface area contributed by atoms with Gasteiger partial charge in [-0.15, -0.1) is 5.10 Å². The summed E-state index contributed by atoms with van der Waals surface area (Å²) in [6.07, 6.45) is 2.07. The minimum absolute atomic E-state index is 0.183. The van der Waals surface area contributed by atoms with Gasteiger partial charge in [0, 0.05) is 6.04 Å². The molecule has 1 heterocycles. The minimum Gasteiger partial charge on any atom is -0.369 e. The van der Waals surface area contributed by atoms with Gasteiger partial charge in [-0.2, -0.15) is 0 Å². The van der Waals surface area contributed by atoms with E-state index in [-0.39, 0.29) is 18.4 Å². The lowest BCUT2D eigenvalue weighted by molar-refractivity contribution is -0.117. The van der Waals surface area contributed by atoms with Gasteiger partial charge in [0.05, 0.1) is 17.8 Å². The average Bonchev–Trinajstić information content (AvgIpc) is 2.48. The molecule has 0 fully saturated rings. The molecule has 0 radical (unpaired) electrons. The van der Waals surface area contributed by atoms with E-state index in [4.69, 9.17) is 5.73 Å². The van der Waals surface area contributed by atoms with Crippen LogP contribution in [0.4, 0.5) is 0 Å². The van der Waals surface area contributed by atoms with Gasteiger partial charge in [-0.05, 0) is 20.3 Å². The molecular formula is C10H18N4O. The molecule has 0 saturated carbocycles. The lowest BCUT2D eigenvalue weighted by Crippen LogP contribution is -2.16. The predicted octanol–water partition coefficient (Wildman–Crippen LogP) is 0.839. The normalized spacial score (nSPS) is 10.9. The molecule has 1 aromatic rings. The third-order valence-corrected chi connectivity index (χ3v) is 2.19. The molecule has 5 heteroatoms. The maximum absolute atomic E-state index is 10.8. The second kappa shape index (κ2) is 4.91. The fourth-order valence-electron chi connectivity index (χ4n) is 1.56. The van der Waals surface area contributed by atoms with Gasteiger partial charge >= 0.3 is 0 Å². The Hall–Kier alpha value is -1.39. The van der Waals surface area contributed by atoms with E-state index < -0.39 is 0 Å². The number of carbonyl (C=O) groups excluding carboxylic acids is 1. The van der Waals surface area contributed by atoms with Crippen molar-refractivity contribution >= 4 is 5.91 Å². The summed E-state index contributed by atoms with van der Waals surface area (Å²) in [6, 6.07) is 0.265. The lowest BCUT2D eigenvalue weighted by atomic mass is 10.1. The van der Waals surface area contributed by atoms with E-state index >= 15 is 0 Å². The molecule has 1 rings (SSSR count). The van der Waals surface area contributed by atoms with Crippen molar-refractivity contribution in [2.45, 2.75) is 46.1 Å². The second-order valence-corrected chi connectivity index (χ2v) is 3.91.